The normalized spacial score (nSPS) is 11.8. The highest BCUT2D eigenvalue weighted by Gasteiger charge is 2.18. The minimum atomic E-state index is -0.0703. The largest absolute Gasteiger partial charge is 0.290 e. The van der Waals surface area contributed by atoms with Crippen molar-refractivity contribution < 1.29 is 0 Å². The van der Waals surface area contributed by atoms with Gasteiger partial charge in [0.1, 0.15) is 22.6 Å². The van der Waals surface area contributed by atoms with Gasteiger partial charge in [0.05, 0.1) is 0 Å². The summed E-state index contributed by atoms with van der Waals surface area (Å²) in [5.74, 6) is 1.63. The van der Waals surface area contributed by atoms with Crippen LogP contribution in [0.5, 0.6) is 0 Å². The molecule has 0 fully saturated rings. The fraction of sp³-hybridized carbons (Fsp3) is 0.364. The molecular formula is C11H13BrN4. The molecule has 2 heterocycles. The zero-order valence-corrected chi connectivity index (χ0v) is 11.1. The van der Waals surface area contributed by atoms with E-state index in [1.807, 2.05) is 16.8 Å². The van der Waals surface area contributed by atoms with Crippen LogP contribution in [-0.2, 0) is 5.41 Å². The molecule has 0 aromatic carbocycles. The van der Waals surface area contributed by atoms with Crippen LogP contribution in [-0.4, -0.2) is 19.5 Å². The van der Waals surface area contributed by atoms with Crippen molar-refractivity contribution in [1.29, 1.82) is 0 Å². The number of hydrogen-bond donors (Lipinski definition) is 0. The fourth-order valence-corrected chi connectivity index (χ4v) is 1.64. The molecule has 2 aromatic heterocycles. The van der Waals surface area contributed by atoms with Gasteiger partial charge in [-0.15, -0.1) is 0 Å². The van der Waals surface area contributed by atoms with E-state index in [2.05, 4.69) is 51.7 Å². The van der Waals surface area contributed by atoms with Crippen LogP contribution in [0.1, 0.15) is 26.6 Å². The molecule has 2 rings (SSSR count). The third-order valence-electron chi connectivity index (χ3n) is 2.12. The minimum absolute atomic E-state index is 0.0703. The van der Waals surface area contributed by atoms with Gasteiger partial charge in [-0.2, -0.15) is 0 Å². The first-order valence-corrected chi connectivity index (χ1v) is 5.79. The maximum Gasteiger partial charge on any atom is 0.142 e. The average molecular weight is 281 g/mol. The number of nitrogens with zero attached hydrogens (tertiary/aromatic N) is 4. The third-order valence-corrected chi connectivity index (χ3v) is 2.53. The lowest BCUT2D eigenvalue weighted by molar-refractivity contribution is 0.541. The van der Waals surface area contributed by atoms with Crippen molar-refractivity contribution in [3.05, 3.63) is 35.2 Å². The molecule has 5 heteroatoms. The molecule has 16 heavy (non-hydrogen) atoms. The second-order valence-corrected chi connectivity index (χ2v) is 5.40. The van der Waals surface area contributed by atoms with Gasteiger partial charge >= 0.3 is 0 Å². The fourth-order valence-electron chi connectivity index (χ4n) is 1.27. The number of imidazole rings is 1. The van der Waals surface area contributed by atoms with E-state index < -0.39 is 0 Å². The Bertz CT molecular complexity index is 485. The van der Waals surface area contributed by atoms with Gasteiger partial charge in [-0.25, -0.2) is 15.0 Å². The van der Waals surface area contributed by atoms with Crippen LogP contribution in [0.4, 0.5) is 0 Å². The topological polar surface area (TPSA) is 43.6 Å². The van der Waals surface area contributed by atoms with Gasteiger partial charge in [-0.05, 0) is 15.9 Å². The second-order valence-electron chi connectivity index (χ2n) is 4.59. The first-order valence-electron chi connectivity index (χ1n) is 5.00. The Morgan fingerprint density at radius 2 is 2.00 bits per heavy atom. The predicted octanol–water partition coefficient (Wildman–Crippen LogP) is 2.72. The number of aromatic nitrogens is 4. The molecule has 4 nitrogen and oxygen atoms in total. The highest BCUT2D eigenvalue weighted by atomic mass is 79.9. The standard InChI is InChI=1S/C11H13BrN4/c1-11(2,3)10-14-8(12)6-9(15-10)16-5-4-13-7-16/h4-7H,1-3H3. The number of halogens is 1. The van der Waals surface area contributed by atoms with E-state index in [1.54, 1.807) is 12.5 Å². The number of hydrogen-bond acceptors (Lipinski definition) is 3. The van der Waals surface area contributed by atoms with Crippen molar-refractivity contribution in [2.24, 2.45) is 0 Å². The van der Waals surface area contributed by atoms with Crippen molar-refractivity contribution in [2.45, 2.75) is 26.2 Å². The molecule has 0 aliphatic heterocycles. The molecular weight excluding hydrogens is 268 g/mol. The summed E-state index contributed by atoms with van der Waals surface area (Å²) in [6.07, 6.45) is 5.31. The van der Waals surface area contributed by atoms with E-state index in [-0.39, 0.29) is 5.41 Å². The van der Waals surface area contributed by atoms with Crippen LogP contribution in [0.15, 0.2) is 29.4 Å². The Labute approximate surface area is 103 Å². The molecule has 0 aliphatic rings. The van der Waals surface area contributed by atoms with Crippen LogP contribution >= 0.6 is 15.9 Å². The van der Waals surface area contributed by atoms with E-state index in [9.17, 15) is 0 Å². The molecule has 0 saturated heterocycles. The lowest BCUT2D eigenvalue weighted by Gasteiger charge is -2.17. The zero-order chi connectivity index (χ0) is 11.8. The summed E-state index contributed by atoms with van der Waals surface area (Å²) in [4.78, 5) is 12.9. The third kappa shape index (κ3) is 2.29. The van der Waals surface area contributed by atoms with Gasteiger partial charge in [-0.3, -0.25) is 4.57 Å². The van der Waals surface area contributed by atoms with Crippen LogP contribution in [0, 0.1) is 0 Å². The van der Waals surface area contributed by atoms with E-state index in [0.717, 1.165) is 16.2 Å². The molecule has 0 atom stereocenters. The molecule has 84 valence electrons. The average Bonchev–Trinajstić information content (AvgIpc) is 2.68. The number of rotatable bonds is 1. The first-order chi connectivity index (χ1) is 7.47. The first kappa shape index (κ1) is 11.3. The van der Waals surface area contributed by atoms with Crippen molar-refractivity contribution in [1.82, 2.24) is 19.5 Å². The Morgan fingerprint density at radius 3 is 2.56 bits per heavy atom. The van der Waals surface area contributed by atoms with Gasteiger partial charge in [0.2, 0.25) is 0 Å². The van der Waals surface area contributed by atoms with Gasteiger partial charge in [-0.1, -0.05) is 20.8 Å². The molecule has 0 radical (unpaired) electrons. The van der Waals surface area contributed by atoms with E-state index in [0.29, 0.717) is 0 Å². The highest BCUT2D eigenvalue weighted by Crippen LogP contribution is 2.21. The monoisotopic (exact) mass is 280 g/mol. The van der Waals surface area contributed by atoms with Crippen LogP contribution in [0.25, 0.3) is 5.82 Å². The minimum Gasteiger partial charge on any atom is -0.290 e. The molecule has 0 saturated carbocycles. The van der Waals surface area contributed by atoms with Gasteiger partial charge in [0.15, 0.2) is 0 Å². The lowest BCUT2D eigenvalue weighted by Crippen LogP contribution is -2.17. The van der Waals surface area contributed by atoms with Gasteiger partial charge in [0, 0.05) is 23.9 Å². The van der Waals surface area contributed by atoms with Gasteiger partial charge in [0.25, 0.3) is 0 Å². The smallest absolute Gasteiger partial charge is 0.142 e. The quantitative estimate of drug-likeness (QED) is 0.755. The zero-order valence-electron chi connectivity index (χ0n) is 9.48. The summed E-state index contributed by atoms with van der Waals surface area (Å²) in [5, 5.41) is 0. The molecule has 0 bridgehead atoms. The molecule has 0 N–H and O–H groups in total. The maximum atomic E-state index is 4.53. The summed E-state index contributed by atoms with van der Waals surface area (Å²) in [6, 6.07) is 1.87. The molecule has 2 aromatic rings. The van der Waals surface area contributed by atoms with Crippen molar-refractivity contribution >= 4 is 15.9 Å². The molecule has 0 amide bonds. The van der Waals surface area contributed by atoms with E-state index >= 15 is 0 Å². The van der Waals surface area contributed by atoms with Crippen LogP contribution in [0.3, 0.4) is 0 Å². The second kappa shape index (κ2) is 3.97. The Kier molecular flexibility index (Phi) is 2.80. The van der Waals surface area contributed by atoms with Crippen molar-refractivity contribution in [3.8, 4) is 5.82 Å². The SMILES string of the molecule is CC(C)(C)c1nc(Br)cc(-n2ccnc2)n1. The Balaban J connectivity index is 2.53. The van der Waals surface area contributed by atoms with Crippen molar-refractivity contribution in [2.75, 3.05) is 0 Å². The van der Waals surface area contributed by atoms with Crippen LogP contribution in [0.2, 0.25) is 0 Å². The Morgan fingerprint density at radius 1 is 1.25 bits per heavy atom. The summed E-state index contributed by atoms with van der Waals surface area (Å²) >= 11 is 3.41. The summed E-state index contributed by atoms with van der Waals surface area (Å²) in [5.41, 5.74) is -0.0703. The molecule has 0 spiro atoms. The summed E-state index contributed by atoms with van der Waals surface area (Å²) < 4.78 is 2.65. The molecule has 0 unspecified atom stereocenters. The lowest BCUT2D eigenvalue weighted by atomic mass is 9.96. The Hall–Kier alpha value is -1.23. The van der Waals surface area contributed by atoms with E-state index in [4.69, 9.17) is 0 Å². The predicted molar refractivity (Wildman–Crippen MR) is 65.6 cm³/mol. The van der Waals surface area contributed by atoms with Crippen molar-refractivity contribution in [3.63, 3.8) is 0 Å². The summed E-state index contributed by atoms with van der Waals surface area (Å²) in [7, 11) is 0. The summed E-state index contributed by atoms with van der Waals surface area (Å²) in [6.45, 7) is 6.27. The molecule has 0 aliphatic carbocycles. The highest BCUT2D eigenvalue weighted by molar-refractivity contribution is 9.10. The van der Waals surface area contributed by atoms with E-state index in [1.165, 1.54) is 0 Å². The maximum absolute atomic E-state index is 4.53. The van der Waals surface area contributed by atoms with Gasteiger partial charge < -0.3 is 0 Å². The van der Waals surface area contributed by atoms with Crippen LogP contribution < -0.4 is 0 Å².